The standard InChI is InChI=1S/C15H32N2O/c1-4-17(5-2)12-15(18)11-16-10-14-8-6-7-13(3)9-14/h13-16,18H,4-12H2,1-3H3. The molecule has 0 spiro atoms. The van der Waals surface area contributed by atoms with Gasteiger partial charge in [0.25, 0.3) is 0 Å². The Bertz CT molecular complexity index is 207. The third kappa shape index (κ3) is 6.17. The molecule has 1 aliphatic rings. The van der Waals surface area contributed by atoms with Crippen LogP contribution in [0.3, 0.4) is 0 Å². The fraction of sp³-hybridized carbons (Fsp3) is 1.00. The van der Waals surface area contributed by atoms with Gasteiger partial charge in [0.2, 0.25) is 0 Å². The average Bonchev–Trinajstić information content (AvgIpc) is 2.36. The molecule has 0 bridgehead atoms. The summed E-state index contributed by atoms with van der Waals surface area (Å²) in [5.41, 5.74) is 0. The molecule has 3 heteroatoms. The van der Waals surface area contributed by atoms with Crippen LogP contribution in [0.15, 0.2) is 0 Å². The fourth-order valence-electron chi connectivity index (χ4n) is 3.04. The summed E-state index contributed by atoms with van der Waals surface area (Å²) < 4.78 is 0. The Labute approximate surface area is 113 Å². The number of aliphatic hydroxyl groups is 1. The molecule has 2 N–H and O–H groups in total. The van der Waals surface area contributed by atoms with Crippen LogP contribution in [0.5, 0.6) is 0 Å². The number of hydrogen-bond acceptors (Lipinski definition) is 3. The van der Waals surface area contributed by atoms with E-state index in [1.54, 1.807) is 0 Å². The van der Waals surface area contributed by atoms with Crippen molar-refractivity contribution in [2.75, 3.05) is 32.7 Å². The Morgan fingerprint density at radius 1 is 1.28 bits per heavy atom. The van der Waals surface area contributed by atoms with Crippen LogP contribution < -0.4 is 5.32 Å². The van der Waals surface area contributed by atoms with Crippen molar-refractivity contribution < 1.29 is 5.11 Å². The van der Waals surface area contributed by atoms with E-state index < -0.39 is 0 Å². The molecule has 108 valence electrons. The molecular formula is C15H32N2O. The summed E-state index contributed by atoms with van der Waals surface area (Å²) in [5.74, 6) is 1.72. The minimum Gasteiger partial charge on any atom is -0.390 e. The Morgan fingerprint density at radius 2 is 2.00 bits per heavy atom. The average molecular weight is 256 g/mol. The van der Waals surface area contributed by atoms with Crippen molar-refractivity contribution in [1.29, 1.82) is 0 Å². The smallest absolute Gasteiger partial charge is 0.0791 e. The lowest BCUT2D eigenvalue weighted by atomic mass is 9.82. The van der Waals surface area contributed by atoms with Gasteiger partial charge in [0.15, 0.2) is 0 Å². The van der Waals surface area contributed by atoms with Gasteiger partial charge in [-0.05, 0) is 44.3 Å². The number of rotatable bonds is 8. The van der Waals surface area contributed by atoms with E-state index in [-0.39, 0.29) is 6.10 Å². The molecule has 0 radical (unpaired) electrons. The molecule has 0 saturated heterocycles. The van der Waals surface area contributed by atoms with E-state index in [1.807, 2.05) is 0 Å². The minimum absolute atomic E-state index is 0.231. The molecule has 0 heterocycles. The highest BCUT2D eigenvalue weighted by molar-refractivity contribution is 4.73. The van der Waals surface area contributed by atoms with Crippen LogP contribution in [0.25, 0.3) is 0 Å². The lowest BCUT2D eigenvalue weighted by Gasteiger charge is -2.28. The van der Waals surface area contributed by atoms with E-state index in [2.05, 4.69) is 31.0 Å². The van der Waals surface area contributed by atoms with E-state index in [0.717, 1.165) is 44.6 Å². The summed E-state index contributed by atoms with van der Waals surface area (Å²) in [6.45, 7) is 11.3. The van der Waals surface area contributed by atoms with Gasteiger partial charge < -0.3 is 15.3 Å². The molecule has 1 rings (SSSR count). The molecule has 0 aromatic heterocycles. The number of hydrogen-bond donors (Lipinski definition) is 2. The summed E-state index contributed by atoms with van der Waals surface area (Å²) in [5, 5.41) is 13.4. The molecule has 0 aromatic rings. The van der Waals surface area contributed by atoms with Gasteiger partial charge >= 0.3 is 0 Å². The monoisotopic (exact) mass is 256 g/mol. The van der Waals surface area contributed by atoms with Crippen molar-refractivity contribution in [3.63, 3.8) is 0 Å². The van der Waals surface area contributed by atoms with Gasteiger partial charge in [-0.2, -0.15) is 0 Å². The summed E-state index contributed by atoms with van der Waals surface area (Å²) >= 11 is 0. The second-order valence-corrected chi connectivity index (χ2v) is 5.94. The molecular weight excluding hydrogens is 224 g/mol. The maximum absolute atomic E-state index is 9.96. The van der Waals surface area contributed by atoms with Gasteiger partial charge in [-0.15, -0.1) is 0 Å². The molecule has 1 fully saturated rings. The van der Waals surface area contributed by atoms with Crippen molar-refractivity contribution in [1.82, 2.24) is 10.2 Å². The van der Waals surface area contributed by atoms with Crippen LogP contribution in [0, 0.1) is 11.8 Å². The summed E-state index contributed by atoms with van der Waals surface area (Å²) in [7, 11) is 0. The van der Waals surface area contributed by atoms with Crippen molar-refractivity contribution in [3.8, 4) is 0 Å². The number of nitrogens with one attached hydrogen (secondary N) is 1. The van der Waals surface area contributed by atoms with Crippen LogP contribution in [-0.2, 0) is 0 Å². The maximum Gasteiger partial charge on any atom is 0.0791 e. The Hall–Kier alpha value is -0.120. The zero-order valence-corrected chi connectivity index (χ0v) is 12.5. The third-order valence-electron chi connectivity index (χ3n) is 4.22. The zero-order chi connectivity index (χ0) is 13.4. The fourth-order valence-corrected chi connectivity index (χ4v) is 3.04. The SMILES string of the molecule is CCN(CC)CC(O)CNCC1CCCC(C)C1. The molecule has 3 atom stereocenters. The van der Waals surface area contributed by atoms with Crippen molar-refractivity contribution in [3.05, 3.63) is 0 Å². The number of aliphatic hydroxyl groups excluding tert-OH is 1. The van der Waals surface area contributed by atoms with E-state index in [1.165, 1.54) is 25.7 Å². The van der Waals surface area contributed by atoms with Crippen LogP contribution in [0.2, 0.25) is 0 Å². The second kappa shape index (κ2) is 8.89. The Balaban J connectivity index is 2.09. The van der Waals surface area contributed by atoms with E-state index in [4.69, 9.17) is 0 Å². The first kappa shape index (κ1) is 15.9. The van der Waals surface area contributed by atoms with E-state index in [0.29, 0.717) is 0 Å². The van der Waals surface area contributed by atoms with E-state index in [9.17, 15) is 5.11 Å². The highest BCUT2D eigenvalue weighted by Crippen LogP contribution is 2.27. The molecule has 1 aliphatic carbocycles. The highest BCUT2D eigenvalue weighted by atomic mass is 16.3. The number of nitrogens with zero attached hydrogens (tertiary/aromatic N) is 1. The first-order valence-corrected chi connectivity index (χ1v) is 7.76. The topological polar surface area (TPSA) is 35.5 Å². The maximum atomic E-state index is 9.96. The van der Waals surface area contributed by atoms with Gasteiger partial charge in [0, 0.05) is 13.1 Å². The Morgan fingerprint density at radius 3 is 2.61 bits per heavy atom. The second-order valence-electron chi connectivity index (χ2n) is 5.94. The molecule has 0 aliphatic heterocycles. The van der Waals surface area contributed by atoms with Crippen molar-refractivity contribution in [2.24, 2.45) is 11.8 Å². The molecule has 1 saturated carbocycles. The van der Waals surface area contributed by atoms with Gasteiger partial charge in [-0.1, -0.05) is 33.6 Å². The van der Waals surface area contributed by atoms with Crippen molar-refractivity contribution >= 4 is 0 Å². The first-order valence-electron chi connectivity index (χ1n) is 7.76. The summed E-state index contributed by atoms with van der Waals surface area (Å²) in [4.78, 5) is 2.27. The van der Waals surface area contributed by atoms with Gasteiger partial charge in [0.05, 0.1) is 6.10 Å². The van der Waals surface area contributed by atoms with E-state index >= 15 is 0 Å². The highest BCUT2D eigenvalue weighted by Gasteiger charge is 2.18. The molecule has 3 nitrogen and oxygen atoms in total. The quantitative estimate of drug-likeness (QED) is 0.698. The van der Waals surface area contributed by atoms with Gasteiger partial charge in [-0.3, -0.25) is 0 Å². The normalized spacial score (nSPS) is 26.5. The molecule has 0 amide bonds. The zero-order valence-electron chi connectivity index (χ0n) is 12.5. The molecule has 18 heavy (non-hydrogen) atoms. The van der Waals surface area contributed by atoms with Crippen LogP contribution >= 0.6 is 0 Å². The number of likely N-dealkylation sites (N-methyl/N-ethyl adjacent to an activating group) is 1. The van der Waals surface area contributed by atoms with Crippen LogP contribution in [0.4, 0.5) is 0 Å². The Kier molecular flexibility index (Phi) is 7.87. The summed E-state index contributed by atoms with van der Waals surface area (Å²) in [6, 6.07) is 0. The van der Waals surface area contributed by atoms with Gasteiger partial charge in [-0.25, -0.2) is 0 Å². The van der Waals surface area contributed by atoms with Crippen molar-refractivity contribution in [2.45, 2.75) is 52.6 Å². The summed E-state index contributed by atoms with van der Waals surface area (Å²) in [6.07, 6.45) is 5.28. The molecule has 0 aromatic carbocycles. The largest absolute Gasteiger partial charge is 0.390 e. The minimum atomic E-state index is -0.231. The van der Waals surface area contributed by atoms with Gasteiger partial charge in [0.1, 0.15) is 0 Å². The van der Waals surface area contributed by atoms with Crippen LogP contribution in [-0.4, -0.2) is 48.8 Å². The molecule has 3 unspecified atom stereocenters. The third-order valence-corrected chi connectivity index (χ3v) is 4.22. The van der Waals surface area contributed by atoms with Crippen LogP contribution in [0.1, 0.15) is 46.5 Å². The lowest BCUT2D eigenvalue weighted by molar-refractivity contribution is 0.114. The predicted molar refractivity (Wildman–Crippen MR) is 77.8 cm³/mol. The first-order chi connectivity index (χ1) is 8.65. The predicted octanol–water partition coefficient (Wildman–Crippen LogP) is 2.10. The lowest BCUT2D eigenvalue weighted by Crippen LogP contribution is -2.39.